The summed E-state index contributed by atoms with van der Waals surface area (Å²) in [5.41, 5.74) is 6.23. The van der Waals surface area contributed by atoms with Crippen molar-refractivity contribution < 1.29 is 13.9 Å². The Bertz CT molecular complexity index is 1260. The molecule has 0 spiro atoms. The third-order valence-corrected chi connectivity index (χ3v) is 6.42. The van der Waals surface area contributed by atoms with Crippen molar-refractivity contribution in [1.29, 1.82) is 0 Å². The maximum absolute atomic E-state index is 14.4. The second-order valence-electron chi connectivity index (χ2n) is 8.65. The Morgan fingerprint density at radius 1 is 1.00 bits per heavy atom. The molecule has 4 rings (SSSR count). The van der Waals surface area contributed by atoms with E-state index >= 15 is 0 Å². The van der Waals surface area contributed by atoms with Crippen LogP contribution in [0.15, 0.2) is 58.1 Å². The van der Waals surface area contributed by atoms with Crippen LogP contribution in [0.2, 0.25) is 0 Å². The fraction of sp³-hybridized carbons (Fsp3) is 0.360. The standard InChI is InChI=1S/C25H28F2N4O3/c1-16-23(29-12-10-18(32)11-13-29)24(33)31(15-22(28)17-6-3-2-4-7-17)25(34)30(16)14-19-20(26)8-5-9-21(19)27/h2-9,18,22,32H,10-15,28H2,1H3/t22-/m1/s1. The lowest BCUT2D eigenvalue weighted by molar-refractivity contribution is 0.145. The number of hydrogen-bond acceptors (Lipinski definition) is 5. The predicted molar refractivity (Wildman–Crippen MR) is 126 cm³/mol. The van der Waals surface area contributed by atoms with E-state index < -0.39 is 35.0 Å². The van der Waals surface area contributed by atoms with Gasteiger partial charge in [0.05, 0.1) is 19.2 Å². The molecule has 0 amide bonds. The minimum Gasteiger partial charge on any atom is -0.393 e. The number of anilines is 1. The van der Waals surface area contributed by atoms with Gasteiger partial charge in [-0.3, -0.25) is 13.9 Å². The van der Waals surface area contributed by atoms with Gasteiger partial charge in [0.25, 0.3) is 5.56 Å². The Balaban J connectivity index is 1.84. The largest absolute Gasteiger partial charge is 0.393 e. The van der Waals surface area contributed by atoms with Crippen LogP contribution in [0.3, 0.4) is 0 Å². The highest BCUT2D eigenvalue weighted by Gasteiger charge is 2.26. The first-order valence-corrected chi connectivity index (χ1v) is 11.3. The van der Waals surface area contributed by atoms with Crippen molar-refractivity contribution in [3.63, 3.8) is 0 Å². The molecule has 3 N–H and O–H groups in total. The van der Waals surface area contributed by atoms with Gasteiger partial charge in [0, 0.05) is 30.4 Å². The highest BCUT2D eigenvalue weighted by molar-refractivity contribution is 5.49. The number of nitrogens with zero attached hydrogens (tertiary/aromatic N) is 3. The molecule has 1 atom stereocenters. The van der Waals surface area contributed by atoms with Crippen LogP contribution in [0.5, 0.6) is 0 Å². The lowest BCUT2D eigenvalue weighted by Crippen LogP contribution is -2.48. The molecule has 1 aliphatic rings. The molecular formula is C25H28F2N4O3. The van der Waals surface area contributed by atoms with Gasteiger partial charge >= 0.3 is 5.69 Å². The van der Waals surface area contributed by atoms with E-state index in [1.54, 1.807) is 6.92 Å². The van der Waals surface area contributed by atoms with Crippen LogP contribution in [0.4, 0.5) is 14.5 Å². The fourth-order valence-corrected chi connectivity index (χ4v) is 4.43. The molecule has 1 fully saturated rings. The number of hydrogen-bond donors (Lipinski definition) is 2. The average molecular weight is 471 g/mol. The molecular weight excluding hydrogens is 442 g/mol. The first kappa shape index (κ1) is 23.8. The quantitative estimate of drug-likeness (QED) is 0.577. The molecule has 0 radical (unpaired) electrons. The minimum atomic E-state index is -0.771. The molecule has 2 aromatic carbocycles. The van der Waals surface area contributed by atoms with Crippen molar-refractivity contribution in [3.8, 4) is 0 Å². The van der Waals surface area contributed by atoms with Gasteiger partial charge in [-0.1, -0.05) is 36.4 Å². The molecule has 3 aromatic rings. The van der Waals surface area contributed by atoms with Crippen LogP contribution in [0.1, 0.15) is 35.7 Å². The Morgan fingerprint density at radius 2 is 1.62 bits per heavy atom. The lowest BCUT2D eigenvalue weighted by Gasteiger charge is -2.33. The summed E-state index contributed by atoms with van der Waals surface area (Å²) in [5, 5.41) is 9.90. The molecule has 0 unspecified atom stereocenters. The molecule has 180 valence electrons. The molecule has 2 heterocycles. The average Bonchev–Trinajstić information content (AvgIpc) is 2.83. The van der Waals surface area contributed by atoms with Crippen molar-refractivity contribution in [2.75, 3.05) is 18.0 Å². The van der Waals surface area contributed by atoms with Crippen LogP contribution < -0.4 is 21.9 Å². The van der Waals surface area contributed by atoms with E-state index in [2.05, 4.69) is 0 Å². The summed E-state index contributed by atoms with van der Waals surface area (Å²) < 4.78 is 31.1. The number of aliphatic hydroxyl groups is 1. The molecule has 7 nitrogen and oxygen atoms in total. The highest BCUT2D eigenvalue weighted by atomic mass is 19.1. The van der Waals surface area contributed by atoms with Crippen molar-refractivity contribution in [3.05, 3.63) is 97.8 Å². The Hall–Kier alpha value is -3.30. The Kier molecular flexibility index (Phi) is 6.95. The second-order valence-corrected chi connectivity index (χ2v) is 8.65. The van der Waals surface area contributed by atoms with E-state index in [1.165, 1.54) is 10.6 Å². The normalized spacial score (nSPS) is 15.5. The SMILES string of the molecule is Cc1c(N2CCC(O)CC2)c(=O)n(C[C@@H](N)c2ccccc2)c(=O)n1Cc1c(F)cccc1F. The topological polar surface area (TPSA) is 93.5 Å². The molecule has 0 saturated carbocycles. The molecule has 1 aromatic heterocycles. The van der Waals surface area contributed by atoms with Crippen molar-refractivity contribution >= 4 is 5.69 Å². The lowest BCUT2D eigenvalue weighted by atomic mass is 10.1. The maximum Gasteiger partial charge on any atom is 0.331 e. The van der Waals surface area contributed by atoms with Crippen LogP contribution in [0, 0.1) is 18.6 Å². The molecule has 34 heavy (non-hydrogen) atoms. The highest BCUT2D eigenvalue weighted by Crippen LogP contribution is 2.22. The third-order valence-electron chi connectivity index (χ3n) is 6.42. The smallest absolute Gasteiger partial charge is 0.331 e. The number of aliphatic hydroxyl groups excluding tert-OH is 1. The predicted octanol–water partition coefficient (Wildman–Crippen LogP) is 2.31. The zero-order valence-corrected chi connectivity index (χ0v) is 19.0. The number of rotatable bonds is 6. The molecule has 0 bridgehead atoms. The van der Waals surface area contributed by atoms with E-state index in [0.717, 1.165) is 22.3 Å². The van der Waals surface area contributed by atoms with Gasteiger partial charge in [0.1, 0.15) is 17.3 Å². The monoisotopic (exact) mass is 470 g/mol. The van der Waals surface area contributed by atoms with Gasteiger partial charge in [-0.15, -0.1) is 0 Å². The Labute approximate surface area is 195 Å². The first-order valence-electron chi connectivity index (χ1n) is 11.3. The van der Waals surface area contributed by atoms with Crippen LogP contribution >= 0.6 is 0 Å². The molecule has 1 aliphatic heterocycles. The summed E-state index contributed by atoms with van der Waals surface area (Å²) >= 11 is 0. The van der Waals surface area contributed by atoms with Gasteiger partial charge in [-0.2, -0.15) is 0 Å². The Morgan fingerprint density at radius 3 is 2.24 bits per heavy atom. The van der Waals surface area contributed by atoms with E-state index in [1.807, 2.05) is 35.2 Å². The van der Waals surface area contributed by atoms with Crippen molar-refractivity contribution in [1.82, 2.24) is 9.13 Å². The van der Waals surface area contributed by atoms with Gasteiger partial charge < -0.3 is 15.7 Å². The molecule has 1 saturated heterocycles. The second kappa shape index (κ2) is 9.90. The van der Waals surface area contributed by atoms with E-state index in [4.69, 9.17) is 5.73 Å². The zero-order valence-electron chi connectivity index (χ0n) is 19.0. The minimum absolute atomic E-state index is 0.0921. The van der Waals surface area contributed by atoms with Crippen LogP contribution in [-0.4, -0.2) is 33.4 Å². The van der Waals surface area contributed by atoms with Crippen molar-refractivity contribution in [2.24, 2.45) is 5.73 Å². The maximum atomic E-state index is 14.4. The number of nitrogens with two attached hydrogens (primary N) is 1. The van der Waals surface area contributed by atoms with Crippen LogP contribution in [-0.2, 0) is 13.1 Å². The first-order chi connectivity index (χ1) is 16.3. The molecule has 9 heteroatoms. The number of piperidine rings is 1. The van der Waals surface area contributed by atoms with Gasteiger partial charge in [-0.05, 0) is 37.5 Å². The van der Waals surface area contributed by atoms with Gasteiger partial charge in [0.15, 0.2) is 0 Å². The summed E-state index contributed by atoms with van der Waals surface area (Å²) in [6, 6.07) is 12.0. The third kappa shape index (κ3) is 4.67. The van der Waals surface area contributed by atoms with E-state index in [9.17, 15) is 23.5 Å². The van der Waals surface area contributed by atoms with Crippen molar-refractivity contribution in [2.45, 2.75) is 45.0 Å². The summed E-state index contributed by atoms with van der Waals surface area (Å²) in [6.07, 6.45) is 0.496. The molecule has 0 aliphatic carbocycles. The number of benzene rings is 2. The van der Waals surface area contributed by atoms with E-state index in [-0.39, 0.29) is 24.3 Å². The van der Waals surface area contributed by atoms with Crippen LogP contribution in [0.25, 0.3) is 0 Å². The summed E-state index contributed by atoms with van der Waals surface area (Å²) in [4.78, 5) is 28.8. The van der Waals surface area contributed by atoms with Gasteiger partial charge in [-0.25, -0.2) is 13.6 Å². The fourth-order valence-electron chi connectivity index (χ4n) is 4.43. The zero-order chi connectivity index (χ0) is 24.4. The summed E-state index contributed by atoms with van der Waals surface area (Å²) in [7, 11) is 0. The summed E-state index contributed by atoms with van der Waals surface area (Å²) in [6.45, 7) is 1.99. The van der Waals surface area contributed by atoms with E-state index in [0.29, 0.717) is 31.6 Å². The summed E-state index contributed by atoms with van der Waals surface area (Å²) in [5.74, 6) is -1.54. The number of halogens is 2. The number of aromatic nitrogens is 2. The van der Waals surface area contributed by atoms with Gasteiger partial charge in [0.2, 0.25) is 0 Å².